The molecule has 1 saturated heterocycles. The van der Waals surface area contributed by atoms with Crippen LogP contribution in [0.3, 0.4) is 0 Å². The van der Waals surface area contributed by atoms with E-state index in [2.05, 4.69) is 10.3 Å². The molecule has 3 rings (SSSR count). The van der Waals surface area contributed by atoms with Crippen molar-refractivity contribution >= 4 is 36.0 Å². The van der Waals surface area contributed by atoms with Gasteiger partial charge < -0.3 is 25.4 Å². The second kappa shape index (κ2) is 13.0. The first-order valence-electron chi connectivity index (χ1n) is 10.4. The van der Waals surface area contributed by atoms with Gasteiger partial charge in [-0.05, 0) is 43.0 Å². The summed E-state index contributed by atoms with van der Waals surface area (Å²) in [6, 6.07) is 18.2. The van der Waals surface area contributed by atoms with Crippen molar-refractivity contribution in [1.82, 2.24) is 10.2 Å². The molecule has 168 valence electrons. The zero-order valence-corrected chi connectivity index (χ0v) is 20.2. The molecule has 1 aliphatic rings. The van der Waals surface area contributed by atoms with Gasteiger partial charge in [-0.1, -0.05) is 42.5 Å². The third-order valence-electron chi connectivity index (χ3n) is 4.95. The highest BCUT2D eigenvalue weighted by atomic mass is 127. The quantitative estimate of drug-likeness (QED) is 0.317. The predicted octanol–water partition coefficient (Wildman–Crippen LogP) is 3.91. The molecule has 3 N–H and O–H groups in total. The van der Waals surface area contributed by atoms with E-state index in [9.17, 15) is 4.79 Å². The first-order valence-corrected chi connectivity index (χ1v) is 10.4. The van der Waals surface area contributed by atoms with Gasteiger partial charge in [-0.25, -0.2) is 9.79 Å². The number of carbonyl (C=O) groups excluding carboxylic acids is 1. The maximum absolute atomic E-state index is 11.8. The van der Waals surface area contributed by atoms with E-state index in [-0.39, 0.29) is 36.1 Å². The van der Waals surface area contributed by atoms with Crippen molar-refractivity contribution in [1.29, 1.82) is 0 Å². The number of guanidine groups is 1. The molecule has 2 aromatic carbocycles. The summed E-state index contributed by atoms with van der Waals surface area (Å²) in [5.74, 6) is 1.23. The lowest BCUT2D eigenvalue weighted by atomic mass is 10.1. The Kier molecular flexibility index (Phi) is 10.4. The molecule has 0 radical (unpaired) electrons. The number of rotatable bonds is 7. The Labute approximate surface area is 201 Å². The Morgan fingerprint density at radius 3 is 2.55 bits per heavy atom. The summed E-state index contributed by atoms with van der Waals surface area (Å²) in [6.45, 7) is 4.53. The van der Waals surface area contributed by atoms with Crippen LogP contribution in [0.2, 0.25) is 0 Å². The summed E-state index contributed by atoms with van der Waals surface area (Å²) < 4.78 is 10.9. The van der Waals surface area contributed by atoms with Gasteiger partial charge in [0, 0.05) is 19.1 Å². The molecular weight excluding hydrogens is 507 g/mol. The van der Waals surface area contributed by atoms with Crippen LogP contribution in [0.15, 0.2) is 59.6 Å². The summed E-state index contributed by atoms with van der Waals surface area (Å²) >= 11 is 0. The van der Waals surface area contributed by atoms with Crippen molar-refractivity contribution in [3.8, 4) is 5.75 Å². The van der Waals surface area contributed by atoms with Gasteiger partial charge in [0.15, 0.2) is 5.96 Å². The molecule has 0 saturated carbocycles. The van der Waals surface area contributed by atoms with E-state index in [0.717, 1.165) is 29.7 Å². The van der Waals surface area contributed by atoms with Gasteiger partial charge in [0.1, 0.15) is 12.4 Å². The van der Waals surface area contributed by atoms with E-state index >= 15 is 0 Å². The zero-order chi connectivity index (χ0) is 21.2. The molecular formula is C23H31IN4O3. The van der Waals surface area contributed by atoms with Gasteiger partial charge >= 0.3 is 6.09 Å². The molecule has 1 fully saturated rings. The minimum Gasteiger partial charge on any atom is -0.489 e. The number of aliphatic imine (C=N–C) groups is 1. The number of nitrogens with zero attached hydrogens (tertiary/aromatic N) is 2. The second-order valence-corrected chi connectivity index (χ2v) is 7.23. The summed E-state index contributed by atoms with van der Waals surface area (Å²) in [7, 11) is 0. The highest BCUT2D eigenvalue weighted by Crippen LogP contribution is 2.16. The lowest BCUT2D eigenvalue weighted by Gasteiger charge is -2.31. The molecule has 0 unspecified atom stereocenters. The number of hydrogen-bond acceptors (Lipinski definition) is 4. The Hall–Kier alpha value is -2.49. The van der Waals surface area contributed by atoms with Gasteiger partial charge in [-0.3, -0.25) is 0 Å². The van der Waals surface area contributed by atoms with Crippen LogP contribution >= 0.6 is 24.0 Å². The Bertz CT molecular complexity index is 840. The smallest absolute Gasteiger partial charge is 0.409 e. The molecule has 0 aromatic heterocycles. The van der Waals surface area contributed by atoms with Gasteiger partial charge in [0.2, 0.25) is 0 Å². The van der Waals surface area contributed by atoms with E-state index < -0.39 is 0 Å². The van der Waals surface area contributed by atoms with Crippen LogP contribution in [0.1, 0.15) is 30.9 Å². The van der Waals surface area contributed by atoms with Crippen molar-refractivity contribution in [3.63, 3.8) is 0 Å². The van der Waals surface area contributed by atoms with E-state index in [0.29, 0.717) is 38.8 Å². The lowest BCUT2D eigenvalue weighted by molar-refractivity contribution is 0.0963. The molecule has 2 aromatic rings. The Balaban J connectivity index is 0.00000341. The van der Waals surface area contributed by atoms with Gasteiger partial charge in [0.25, 0.3) is 0 Å². The number of nitrogens with two attached hydrogens (primary N) is 1. The normalized spacial score (nSPS) is 14.5. The first kappa shape index (κ1) is 24.8. The molecule has 1 heterocycles. The van der Waals surface area contributed by atoms with Crippen molar-refractivity contribution < 1.29 is 14.3 Å². The van der Waals surface area contributed by atoms with E-state index in [1.54, 1.807) is 4.90 Å². The third-order valence-corrected chi connectivity index (χ3v) is 4.95. The number of piperidine rings is 1. The first-order chi connectivity index (χ1) is 14.6. The summed E-state index contributed by atoms with van der Waals surface area (Å²) in [6.07, 6.45) is 1.39. The number of hydrogen-bond donors (Lipinski definition) is 2. The van der Waals surface area contributed by atoms with Crippen LogP contribution in [-0.2, 0) is 17.9 Å². The second-order valence-electron chi connectivity index (χ2n) is 7.23. The maximum Gasteiger partial charge on any atom is 0.409 e. The molecule has 1 amide bonds. The van der Waals surface area contributed by atoms with E-state index in [1.807, 2.05) is 61.5 Å². The molecule has 31 heavy (non-hydrogen) atoms. The number of likely N-dealkylation sites (tertiary alicyclic amines) is 1. The van der Waals surface area contributed by atoms with E-state index in [4.69, 9.17) is 15.2 Å². The summed E-state index contributed by atoms with van der Waals surface area (Å²) in [4.78, 5) is 18.0. The van der Waals surface area contributed by atoms with Gasteiger partial charge in [-0.2, -0.15) is 0 Å². The molecule has 0 atom stereocenters. The summed E-state index contributed by atoms with van der Waals surface area (Å²) in [5.41, 5.74) is 8.23. The summed E-state index contributed by atoms with van der Waals surface area (Å²) in [5, 5.41) is 3.26. The third kappa shape index (κ3) is 8.28. The molecule has 0 aliphatic carbocycles. The lowest BCUT2D eigenvalue weighted by Crippen LogP contribution is -2.48. The fourth-order valence-corrected chi connectivity index (χ4v) is 3.33. The van der Waals surface area contributed by atoms with Crippen LogP contribution in [0.5, 0.6) is 5.75 Å². The van der Waals surface area contributed by atoms with Crippen LogP contribution in [0.25, 0.3) is 0 Å². The minimum absolute atomic E-state index is 0. The number of carbonyl (C=O) groups is 1. The van der Waals surface area contributed by atoms with Crippen molar-refractivity contribution in [2.75, 3.05) is 19.7 Å². The monoisotopic (exact) mass is 538 g/mol. The largest absolute Gasteiger partial charge is 0.489 e. The number of nitrogens with one attached hydrogen (secondary N) is 1. The minimum atomic E-state index is -0.244. The molecule has 8 heteroatoms. The SMILES string of the molecule is CCOC(=O)N1CCC(NC(N)=NCc2cccc(OCc3ccccc3)c2)CC1.I. The number of benzene rings is 2. The Morgan fingerprint density at radius 2 is 1.84 bits per heavy atom. The highest BCUT2D eigenvalue weighted by molar-refractivity contribution is 14.0. The molecule has 0 spiro atoms. The topological polar surface area (TPSA) is 89.2 Å². The highest BCUT2D eigenvalue weighted by Gasteiger charge is 2.23. The fourth-order valence-electron chi connectivity index (χ4n) is 3.33. The number of halogens is 1. The van der Waals surface area contributed by atoms with Crippen LogP contribution < -0.4 is 15.8 Å². The average Bonchev–Trinajstić information content (AvgIpc) is 2.78. The predicted molar refractivity (Wildman–Crippen MR) is 133 cm³/mol. The molecule has 7 nitrogen and oxygen atoms in total. The van der Waals surface area contributed by atoms with Gasteiger partial charge in [0.05, 0.1) is 13.2 Å². The van der Waals surface area contributed by atoms with Crippen LogP contribution in [0, 0.1) is 0 Å². The van der Waals surface area contributed by atoms with Crippen LogP contribution in [-0.4, -0.2) is 42.7 Å². The van der Waals surface area contributed by atoms with E-state index in [1.165, 1.54) is 0 Å². The molecule has 0 bridgehead atoms. The average molecular weight is 538 g/mol. The van der Waals surface area contributed by atoms with Crippen molar-refractivity contribution in [3.05, 3.63) is 65.7 Å². The standard InChI is InChI=1S/C23H30N4O3.HI/c1-2-29-23(28)27-13-11-20(12-14-27)26-22(24)25-16-19-9-6-10-21(15-19)30-17-18-7-4-3-5-8-18;/h3-10,15,20H,2,11-14,16-17H2,1H3,(H3,24,25,26);1H. The van der Waals surface area contributed by atoms with Crippen molar-refractivity contribution in [2.24, 2.45) is 10.7 Å². The number of ether oxygens (including phenoxy) is 2. The maximum atomic E-state index is 11.8. The van der Waals surface area contributed by atoms with Crippen molar-refractivity contribution in [2.45, 2.75) is 39.0 Å². The number of amides is 1. The van der Waals surface area contributed by atoms with Gasteiger partial charge in [-0.15, -0.1) is 24.0 Å². The zero-order valence-electron chi connectivity index (χ0n) is 17.8. The van der Waals surface area contributed by atoms with Crippen LogP contribution in [0.4, 0.5) is 4.79 Å². The fraction of sp³-hybridized carbons (Fsp3) is 0.391. The Morgan fingerprint density at radius 1 is 1.13 bits per heavy atom. The molecule has 1 aliphatic heterocycles.